The Hall–Kier alpha value is 0.500. The van der Waals surface area contributed by atoms with Crippen molar-refractivity contribution in [1.29, 1.82) is 0 Å². The molecule has 74 valence electrons. The van der Waals surface area contributed by atoms with E-state index in [9.17, 15) is 4.57 Å². The SMILES string of the molecule is C[N+](C)(C)CCOP(=O)(O)O[PH-]. The van der Waals surface area contributed by atoms with Crippen LogP contribution < -0.4 is 0 Å². The number of phosphoric acid groups is 1. The molecule has 5 nitrogen and oxygen atoms in total. The Labute approximate surface area is 75.2 Å². The summed E-state index contributed by atoms with van der Waals surface area (Å²) in [7, 11) is 4.47. The van der Waals surface area contributed by atoms with Gasteiger partial charge < -0.3 is 23.2 Å². The predicted octanol–water partition coefficient (Wildman–Crippen LogP) is 0.884. The van der Waals surface area contributed by atoms with Gasteiger partial charge in [-0.2, -0.15) is 0 Å². The first-order valence-electron chi connectivity index (χ1n) is 3.40. The standard InChI is InChI=1S/C5H15NO4P2/c1-6(2,3)4-5-9-12(7,8)10-11/h11H,4-5H2,1-3H3,(H,7,8). The van der Waals surface area contributed by atoms with Gasteiger partial charge in [-0.1, -0.05) is 0 Å². The van der Waals surface area contributed by atoms with Crippen molar-refractivity contribution in [2.45, 2.75) is 0 Å². The molecule has 0 fully saturated rings. The molecule has 0 aliphatic heterocycles. The molecule has 0 aliphatic rings. The van der Waals surface area contributed by atoms with E-state index in [1.54, 1.807) is 0 Å². The van der Waals surface area contributed by atoms with Crippen LogP contribution in [-0.2, 0) is 13.4 Å². The number of likely N-dealkylation sites (N-methyl/N-ethyl adjacent to an activating group) is 1. The van der Waals surface area contributed by atoms with E-state index < -0.39 is 7.82 Å². The summed E-state index contributed by atoms with van der Waals surface area (Å²) in [5.74, 6) is 0. The van der Waals surface area contributed by atoms with Crippen molar-refractivity contribution >= 4 is 17.3 Å². The summed E-state index contributed by atoms with van der Waals surface area (Å²) in [5, 5.41) is 0. The van der Waals surface area contributed by atoms with E-state index in [1.807, 2.05) is 21.1 Å². The van der Waals surface area contributed by atoms with Gasteiger partial charge in [-0.25, -0.2) is 4.57 Å². The summed E-state index contributed by atoms with van der Waals surface area (Å²) < 4.78 is 20.0. The van der Waals surface area contributed by atoms with E-state index in [4.69, 9.17) is 4.89 Å². The smallest absolute Gasteiger partial charge is 0.441 e. The molecule has 0 rings (SSSR count). The molecule has 1 unspecified atom stereocenters. The fraction of sp³-hybridized carbons (Fsp3) is 1.00. The van der Waals surface area contributed by atoms with E-state index >= 15 is 0 Å². The second-order valence-corrected chi connectivity index (χ2v) is 5.33. The number of hydrogen-bond donors (Lipinski definition) is 1. The quantitative estimate of drug-likeness (QED) is 0.546. The molecule has 0 heterocycles. The van der Waals surface area contributed by atoms with E-state index in [0.29, 0.717) is 11.0 Å². The van der Waals surface area contributed by atoms with E-state index in [0.717, 1.165) is 0 Å². The molecule has 0 saturated carbocycles. The lowest BCUT2D eigenvalue weighted by atomic mass is 10.5. The molecule has 0 aromatic rings. The number of rotatable bonds is 5. The van der Waals surface area contributed by atoms with Gasteiger partial charge in [-0.15, -0.1) is 0 Å². The maximum atomic E-state index is 10.7. The Balaban J connectivity index is 3.65. The second-order valence-electron chi connectivity index (χ2n) is 3.41. The summed E-state index contributed by atoms with van der Waals surface area (Å²) in [6.07, 6.45) is 0. The van der Waals surface area contributed by atoms with Gasteiger partial charge in [0.05, 0.1) is 21.1 Å². The fourth-order valence-electron chi connectivity index (χ4n) is 0.456. The molecule has 0 aromatic carbocycles. The topological polar surface area (TPSA) is 55.8 Å². The zero-order valence-corrected chi connectivity index (χ0v) is 9.38. The van der Waals surface area contributed by atoms with Crippen molar-refractivity contribution in [3.05, 3.63) is 0 Å². The minimum Gasteiger partial charge on any atom is -0.474 e. The zero-order valence-electron chi connectivity index (χ0n) is 7.48. The third-order valence-electron chi connectivity index (χ3n) is 1.13. The number of phosphoric ester groups is 1. The summed E-state index contributed by atoms with van der Waals surface area (Å²) >= 11 is 0. The second kappa shape index (κ2) is 4.66. The van der Waals surface area contributed by atoms with Crippen LogP contribution >= 0.6 is 17.3 Å². The highest BCUT2D eigenvalue weighted by molar-refractivity contribution is 7.52. The van der Waals surface area contributed by atoms with Crippen molar-refractivity contribution in [1.82, 2.24) is 0 Å². The van der Waals surface area contributed by atoms with Crippen molar-refractivity contribution in [2.75, 3.05) is 34.3 Å². The maximum Gasteiger partial charge on any atom is 0.441 e. The Morgan fingerprint density at radius 3 is 2.33 bits per heavy atom. The van der Waals surface area contributed by atoms with E-state index in [1.165, 1.54) is 0 Å². The van der Waals surface area contributed by atoms with Gasteiger partial charge in [0.1, 0.15) is 13.2 Å². The third-order valence-corrected chi connectivity index (χ3v) is 2.56. The largest absolute Gasteiger partial charge is 0.474 e. The van der Waals surface area contributed by atoms with Gasteiger partial charge >= 0.3 is 7.82 Å². The lowest BCUT2D eigenvalue weighted by Gasteiger charge is -2.24. The van der Waals surface area contributed by atoms with Crippen LogP contribution in [0.5, 0.6) is 0 Å². The molecule has 0 bridgehead atoms. The minimum atomic E-state index is -3.86. The third kappa shape index (κ3) is 7.17. The normalized spacial score (nSPS) is 17.4. The lowest BCUT2D eigenvalue weighted by Crippen LogP contribution is -2.37. The Morgan fingerprint density at radius 1 is 1.50 bits per heavy atom. The molecule has 0 amide bonds. The molecule has 7 heteroatoms. The van der Waals surface area contributed by atoms with Crippen LogP contribution in [0.1, 0.15) is 0 Å². The van der Waals surface area contributed by atoms with Crippen LogP contribution in [0.2, 0.25) is 0 Å². The van der Waals surface area contributed by atoms with Crippen molar-refractivity contribution < 1.29 is 22.8 Å². The molecule has 0 spiro atoms. The monoisotopic (exact) mass is 215 g/mol. The van der Waals surface area contributed by atoms with E-state index in [-0.39, 0.29) is 6.61 Å². The summed E-state index contributed by atoms with van der Waals surface area (Å²) in [6, 6.07) is 0. The summed E-state index contributed by atoms with van der Waals surface area (Å²) in [4.78, 5) is 8.78. The highest BCUT2D eigenvalue weighted by Gasteiger charge is 2.16. The zero-order chi connectivity index (χ0) is 9.83. The first-order valence-corrected chi connectivity index (χ1v) is 5.30. The van der Waals surface area contributed by atoms with Gasteiger partial charge in [0.2, 0.25) is 0 Å². The molecular weight excluding hydrogens is 200 g/mol. The summed E-state index contributed by atoms with van der Waals surface area (Å²) in [5.41, 5.74) is 0. The van der Waals surface area contributed by atoms with Crippen LogP contribution in [0.25, 0.3) is 0 Å². The average Bonchev–Trinajstić information content (AvgIpc) is 1.84. The molecule has 1 atom stereocenters. The Bertz CT molecular complexity index is 179. The summed E-state index contributed by atoms with van der Waals surface area (Å²) in [6.45, 7) is 0.821. The average molecular weight is 215 g/mol. The highest BCUT2D eigenvalue weighted by Crippen LogP contribution is 2.45. The maximum absolute atomic E-state index is 10.7. The van der Waals surface area contributed by atoms with Crippen LogP contribution in [0.15, 0.2) is 0 Å². The minimum absolute atomic E-state index is 0.182. The van der Waals surface area contributed by atoms with Crippen LogP contribution in [-0.4, -0.2) is 43.7 Å². The fourth-order valence-corrected chi connectivity index (χ4v) is 0.980. The Morgan fingerprint density at radius 2 is 2.00 bits per heavy atom. The number of nitrogens with zero attached hydrogens (tertiary/aromatic N) is 1. The van der Waals surface area contributed by atoms with Crippen molar-refractivity contribution in [3.8, 4) is 0 Å². The molecule has 0 saturated heterocycles. The molecule has 0 radical (unpaired) electrons. The number of quaternary nitrogens is 1. The van der Waals surface area contributed by atoms with Crippen LogP contribution in [0.4, 0.5) is 0 Å². The lowest BCUT2D eigenvalue weighted by molar-refractivity contribution is -0.870. The van der Waals surface area contributed by atoms with Crippen LogP contribution in [0.3, 0.4) is 0 Å². The molecule has 0 aliphatic carbocycles. The molecule has 1 N–H and O–H groups in total. The first-order chi connectivity index (χ1) is 5.27. The Kier molecular flexibility index (Phi) is 4.85. The molecular formula is C5H15NO4P2. The first kappa shape index (κ1) is 12.5. The van der Waals surface area contributed by atoms with Gasteiger partial charge in [-0.3, -0.25) is 4.52 Å². The van der Waals surface area contributed by atoms with Gasteiger partial charge in [0, 0.05) is 0 Å². The highest BCUT2D eigenvalue weighted by atomic mass is 31.2. The van der Waals surface area contributed by atoms with E-state index in [2.05, 4.69) is 18.3 Å². The predicted molar refractivity (Wildman–Crippen MR) is 48.1 cm³/mol. The van der Waals surface area contributed by atoms with Crippen molar-refractivity contribution in [2.24, 2.45) is 0 Å². The van der Waals surface area contributed by atoms with Gasteiger partial charge in [-0.05, 0) is 0 Å². The number of hydrogen-bond acceptors (Lipinski definition) is 3. The molecule has 12 heavy (non-hydrogen) atoms. The van der Waals surface area contributed by atoms with Gasteiger partial charge in [0.25, 0.3) is 0 Å². The van der Waals surface area contributed by atoms with Crippen molar-refractivity contribution in [3.63, 3.8) is 0 Å². The van der Waals surface area contributed by atoms with Crippen LogP contribution in [0, 0.1) is 0 Å². The molecule has 0 aromatic heterocycles. The van der Waals surface area contributed by atoms with Gasteiger partial charge in [0.15, 0.2) is 0 Å².